The van der Waals surface area contributed by atoms with Gasteiger partial charge in [-0.05, 0) is 37.5 Å². The number of aliphatic carboxylic acids is 1. The average Bonchev–Trinajstić information content (AvgIpc) is 3.40. The molecule has 0 aromatic carbocycles. The maximum atomic E-state index is 12.3. The summed E-state index contributed by atoms with van der Waals surface area (Å²) in [5.74, 6) is -1.40. The third-order valence-corrected chi connectivity index (χ3v) is 5.76. The Morgan fingerprint density at radius 3 is 2.58 bits per heavy atom. The summed E-state index contributed by atoms with van der Waals surface area (Å²) in [7, 11) is 1.95. The van der Waals surface area contributed by atoms with Crippen LogP contribution in [0.2, 0.25) is 0 Å². The zero-order valence-electron chi connectivity index (χ0n) is 17.5. The van der Waals surface area contributed by atoms with E-state index in [9.17, 15) is 18.0 Å². The highest BCUT2D eigenvalue weighted by atomic mass is 19.4. The van der Waals surface area contributed by atoms with Gasteiger partial charge in [0.25, 0.3) is 0 Å². The van der Waals surface area contributed by atoms with Gasteiger partial charge in [0.1, 0.15) is 0 Å². The molecule has 11 heteroatoms. The summed E-state index contributed by atoms with van der Waals surface area (Å²) >= 11 is 0. The number of nitrogens with one attached hydrogen (secondary N) is 1. The van der Waals surface area contributed by atoms with Gasteiger partial charge in [-0.3, -0.25) is 14.4 Å². The number of fused-ring (bicyclic) bond motifs is 1. The second-order valence-electron chi connectivity index (χ2n) is 8.58. The lowest BCUT2D eigenvalue weighted by atomic mass is 9.85. The number of likely N-dealkylation sites (tertiary alicyclic amines) is 1. The van der Waals surface area contributed by atoms with Crippen molar-refractivity contribution < 1.29 is 32.6 Å². The molecule has 4 rings (SSSR count). The number of carbonyl (C=O) groups is 2. The Kier molecular flexibility index (Phi) is 7.58. The first kappa shape index (κ1) is 23.5. The van der Waals surface area contributed by atoms with Gasteiger partial charge >= 0.3 is 12.1 Å². The van der Waals surface area contributed by atoms with Crippen molar-refractivity contribution in [3.63, 3.8) is 0 Å². The molecule has 1 aromatic heterocycles. The van der Waals surface area contributed by atoms with Crippen LogP contribution in [0.3, 0.4) is 0 Å². The molecular weight excluding hydrogens is 417 g/mol. The van der Waals surface area contributed by atoms with Crippen molar-refractivity contribution in [2.24, 2.45) is 18.9 Å². The summed E-state index contributed by atoms with van der Waals surface area (Å²) in [5, 5.41) is 14.7. The highest BCUT2D eigenvalue weighted by Gasteiger charge is 2.40. The fraction of sp³-hybridized carbons (Fsp3) is 0.750. The average molecular weight is 446 g/mol. The van der Waals surface area contributed by atoms with Crippen LogP contribution in [0, 0.1) is 11.8 Å². The molecular formula is C20H29F3N4O4. The summed E-state index contributed by atoms with van der Waals surface area (Å²) in [6.45, 7) is 3.64. The van der Waals surface area contributed by atoms with E-state index in [1.807, 2.05) is 17.9 Å². The first-order chi connectivity index (χ1) is 14.6. The molecule has 2 aliphatic heterocycles. The van der Waals surface area contributed by atoms with Gasteiger partial charge in [-0.15, -0.1) is 0 Å². The largest absolute Gasteiger partial charge is 0.490 e. The van der Waals surface area contributed by atoms with Crippen LogP contribution in [0.15, 0.2) is 12.4 Å². The molecule has 3 heterocycles. The third-order valence-electron chi connectivity index (χ3n) is 5.76. The van der Waals surface area contributed by atoms with Gasteiger partial charge < -0.3 is 15.2 Å². The van der Waals surface area contributed by atoms with Crippen LogP contribution in [0.4, 0.5) is 13.2 Å². The van der Waals surface area contributed by atoms with Gasteiger partial charge in [0.05, 0.1) is 18.3 Å². The highest BCUT2D eigenvalue weighted by molar-refractivity contribution is 5.77. The number of carbonyl (C=O) groups excluding carboxylic acids is 1. The summed E-state index contributed by atoms with van der Waals surface area (Å²) < 4.78 is 39.6. The Bertz CT molecular complexity index is 766. The predicted octanol–water partition coefficient (Wildman–Crippen LogP) is 1.95. The zero-order chi connectivity index (χ0) is 22.6. The van der Waals surface area contributed by atoms with E-state index in [0.717, 1.165) is 32.7 Å². The van der Waals surface area contributed by atoms with Crippen LogP contribution in [0.1, 0.15) is 37.7 Å². The summed E-state index contributed by atoms with van der Waals surface area (Å²) in [6, 6.07) is 0.118. The number of carboxylic acid groups (broad SMARTS) is 1. The second kappa shape index (κ2) is 9.99. The number of aryl methyl sites for hydroxylation is 1. The molecule has 0 bridgehead atoms. The normalized spacial score (nSPS) is 26.4. The Hall–Kier alpha value is -2.14. The Balaban J connectivity index is 0.000000339. The molecule has 1 aliphatic carbocycles. The van der Waals surface area contributed by atoms with Crippen LogP contribution in [0.25, 0.3) is 0 Å². The molecule has 0 unspecified atom stereocenters. The van der Waals surface area contributed by atoms with Crippen LogP contribution in [-0.2, 0) is 27.9 Å². The first-order valence-electron chi connectivity index (χ1n) is 10.5. The zero-order valence-corrected chi connectivity index (χ0v) is 17.5. The SMILES string of the molecule is Cn1cc(CN2C[C@@H]3CCCO[C@@H]3[C@H](NC(=O)CC3CC3)C2)cn1.O=C(O)C(F)(F)F. The van der Waals surface area contributed by atoms with E-state index >= 15 is 0 Å². The minimum atomic E-state index is -5.08. The molecule has 1 amide bonds. The lowest BCUT2D eigenvalue weighted by Crippen LogP contribution is -2.60. The van der Waals surface area contributed by atoms with E-state index < -0.39 is 12.1 Å². The number of amides is 1. The predicted molar refractivity (Wildman–Crippen MR) is 104 cm³/mol. The fourth-order valence-electron chi connectivity index (χ4n) is 4.21. The van der Waals surface area contributed by atoms with Crippen LogP contribution >= 0.6 is 0 Å². The van der Waals surface area contributed by atoms with Gasteiger partial charge in [-0.25, -0.2) is 4.79 Å². The minimum absolute atomic E-state index is 0.118. The Labute approximate surface area is 178 Å². The van der Waals surface area contributed by atoms with E-state index in [0.29, 0.717) is 18.3 Å². The molecule has 0 radical (unpaired) electrons. The van der Waals surface area contributed by atoms with Crippen molar-refractivity contribution in [2.45, 2.75) is 57.0 Å². The van der Waals surface area contributed by atoms with E-state index in [1.54, 1.807) is 0 Å². The van der Waals surface area contributed by atoms with Crippen LogP contribution in [-0.4, -0.2) is 69.7 Å². The lowest BCUT2D eigenvalue weighted by molar-refractivity contribution is -0.192. The smallest absolute Gasteiger partial charge is 0.475 e. The molecule has 3 aliphatic rings. The number of hydrogen-bond acceptors (Lipinski definition) is 5. The molecule has 3 fully saturated rings. The van der Waals surface area contributed by atoms with Crippen molar-refractivity contribution >= 4 is 11.9 Å². The van der Waals surface area contributed by atoms with E-state index in [1.165, 1.54) is 24.8 Å². The topological polar surface area (TPSA) is 96.7 Å². The van der Waals surface area contributed by atoms with E-state index in [2.05, 4.69) is 21.5 Å². The Morgan fingerprint density at radius 2 is 2.00 bits per heavy atom. The highest BCUT2D eigenvalue weighted by Crippen LogP contribution is 2.33. The molecule has 1 aromatic rings. The number of ether oxygens (including phenoxy) is 1. The van der Waals surface area contributed by atoms with E-state index in [-0.39, 0.29) is 18.1 Å². The maximum absolute atomic E-state index is 12.3. The molecule has 31 heavy (non-hydrogen) atoms. The van der Waals surface area contributed by atoms with Crippen molar-refractivity contribution in [3.05, 3.63) is 18.0 Å². The van der Waals surface area contributed by atoms with Gasteiger partial charge in [0.2, 0.25) is 5.91 Å². The van der Waals surface area contributed by atoms with E-state index in [4.69, 9.17) is 14.6 Å². The monoisotopic (exact) mass is 446 g/mol. The number of nitrogens with zero attached hydrogens (tertiary/aromatic N) is 3. The molecule has 2 N–H and O–H groups in total. The first-order valence-corrected chi connectivity index (χ1v) is 10.5. The third kappa shape index (κ3) is 7.20. The van der Waals surface area contributed by atoms with Crippen LogP contribution in [0.5, 0.6) is 0 Å². The lowest BCUT2D eigenvalue weighted by Gasteiger charge is -2.46. The number of aromatic nitrogens is 2. The number of hydrogen-bond donors (Lipinski definition) is 2. The van der Waals surface area contributed by atoms with Crippen molar-refractivity contribution in [3.8, 4) is 0 Å². The fourth-order valence-corrected chi connectivity index (χ4v) is 4.21. The van der Waals surface area contributed by atoms with Gasteiger partial charge in [0.15, 0.2) is 0 Å². The van der Waals surface area contributed by atoms with Crippen molar-refractivity contribution in [1.82, 2.24) is 20.0 Å². The molecule has 1 saturated carbocycles. The Morgan fingerprint density at radius 1 is 1.29 bits per heavy atom. The second-order valence-corrected chi connectivity index (χ2v) is 8.58. The number of alkyl halides is 3. The molecule has 174 valence electrons. The number of carboxylic acids is 1. The standard InChI is InChI=1S/C18H28N4O2.C2HF3O2/c1-21-9-14(8-19-21)10-22-11-15-3-2-6-24-18(15)16(12-22)20-17(23)7-13-4-5-13;3-2(4,5)1(6)7/h8-9,13,15-16,18H,2-7,10-12H2,1H3,(H,20,23);(H,6,7)/t15-,16+,18-;/m0./s1. The number of halogens is 3. The summed E-state index contributed by atoms with van der Waals surface area (Å²) in [4.78, 5) is 23.7. The van der Waals surface area contributed by atoms with Crippen molar-refractivity contribution in [1.29, 1.82) is 0 Å². The van der Waals surface area contributed by atoms with Crippen LogP contribution < -0.4 is 5.32 Å². The summed E-state index contributed by atoms with van der Waals surface area (Å²) in [6.07, 6.45) is 4.56. The van der Waals surface area contributed by atoms with Gasteiger partial charge in [0, 0.05) is 51.5 Å². The number of rotatable bonds is 5. The summed E-state index contributed by atoms with van der Waals surface area (Å²) in [5.41, 5.74) is 1.23. The molecule has 2 saturated heterocycles. The number of piperidine rings is 1. The van der Waals surface area contributed by atoms with Gasteiger partial charge in [-0.1, -0.05) is 0 Å². The minimum Gasteiger partial charge on any atom is -0.475 e. The maximum Gasteiger partial charge on any atom is 0.490 e. The molecule has 8 nitrogen and oxygen atoms in total. The molecule has 3 atom stereocenters. The molecule has 0 spiro atoms. The van der Waals surface area contributed by atoms with Gasteiger partial charge in [-0.2, -0.15) is 18.3 Å². The van der Waals surface area contributed by atoms with Crippen molar-refractivity contribution in [2.75, 3.05) is 19.7 Å². The quantitative estimate of drug-likeness (QED) is 0.718.